The number of carbonyl (C=O) groups excluding carboxylic acids is 1. The molecule has 1 amide bonds. The van der Waals surface area contributed by atoms with Crippen LogP contribution in [0.25, 0.3) is 0 Å². The van der Waals surface area contributed by atoms with Gasteiger partial charge in [-0.3, -0.25) is 4.79 Å². The quantitative estimate of drug-likeness (QED) is 0.627. The maximum Gasteiger partial charge on any atom is 0.373 e. The number of carboxylic acid groups (broad SMARTS) is 1. The molecule has 3 N–H and O–H groups in total. The van der Waals surface area contributed by atoms with Crippen LogP contribution in [0.15, 0.2) is 12.4 Å². The number of primary amides is 1. The Kier molecular flexibility index (Phi) is 3.35. The van der Waals surface area contributed by atoms with Crippen molar-refractivity contribution in [2.24, 2.45) is 5.73 Å². The van der Waals surface area contributed by atoms with Crippen LogP contribution in [0.2, 0.25) is 0 Å². The van der Waals surface area contributed by atoms with Gasteiger partial charge in [-0.25, -0.2) is 14.8 Å². The normalized spacial score (nSPS) is 8.80. The van der Waals surface area contributed by atoms with Gasteiger partial charge < -0.3 is 10.8 Å². The third-order valence-corrected chi connectivity index (χ3v) is 1.34. The van der Waals surface area contributed by atoms with Gasteiger partial charge in [0.05, 0.1) is 12.0 Å². The third kappa shape index (κ3) is 3.44. The SMILES string of the molecule is NC(=O)CC#Cc1cnc(C(=O)O)nc1. The van der Waals surface area contributed by atoms with Crippen molar-refractivity contribution in [3.05, 3.63) is 23.8 Å². The molecule has 6 nitrogen and oxygen atoms in total. The Balaban J connectivity index is 2.75. The zero-order valence-corrected chi connectivity index (χ0v) is 7.60. The first kappa shape index (κ1) is 10.7. The molecule has 1 heterocycles. The fraction of sp³-hybridized carbons (Fsp3) is 0.111. The topological polar surface area (TPSA) is 106 Å². The van der Waals surface area contributed by atoms with Crippen molar-refractivity contribution in [3.63, 3.8) is 0 Å². The summed E-state index contributed by atoms with van der Waals surface area (Å²) in [7, 11) is 0. The molecule has 6 heteroatoms. The standard InChI is InChI=1S/C9H7N3O3/c10-7(13)3-1-2-6-4-11-8(9(14)15)12-5-6/h4-5H,3H2,(H2,10,13)(H,14,15). The lowest BCUT2D eigenvalue weighted by molar-refractivity contribution is -0.117. The molecule has 0 atom stereocenters. The number of carboxylic acids is 1. The van der Waals surface area contributed by atoms with E-state index in [0.29, 0.717) is 5.56 Å². The lowest BCUT2D eigenvalue weighted by Gasteiger charge is -1.91. The lowest BCUT2D eigenvalue weighted by Crippen LogP contribution is -2.08. The molecule has 1 aromatic heterocycles. The van der Waals surface area contributed by atoms with Crippen LogP contribution in [0, 0.1) is 11.8 Å². The number of aromatic carboxylic acids is 1. The number of nitrogens with zero attached hydrogens (tertiary/aromatic N) is 2. The number of carbonyl (C=O) groups is 2. The van der Waals surface area contributed by atoms with Crippen molar-refractivity contribution in [2.45, 2.75) is 6.42 Å². The minimum Gasteiger partial charge on any atom is -0.475 e. The first-order valence-corrected chi connectivity index (χ1v) is 3.92. The summed E-state index contributed by atoms with van der Waals surface area (Å²) in [4.78, 5) is 27.8. The van der Waals surface area contributed by atoms with E-state index in [1.807, 2.05) is 0 Å². The summed E-state index contributed by atoms with van der Waals surface area (Å²) in [6.07, 6.45) is 2.48. The van der Waals surface area contributed by atoms with E-state index < -0.39 is 11.9 Å². The monoisotopic (exact) mass is 205 g/mol. The number of hydrogen-bond donors (Lipinski definition) is 2. The summed E-state index contributed by atoms with van der Waals surface area (Å²) in [5.74, 6) is 3.05. The first-order chi connectivity index (χ1) is 7.09. The molecular formula is C9H7N3O3. The van der Waals surface area contributed by atoms with Crippen LogP contribution in [0.3, 0.4) is 0 Å². The molecule has 0 fully saturated rings. The predicted octanol–water partition coefficient (Wildman–Crippen LogP) is -0.598. The van der Waals surface area contributed by atoms with Crippen molar-refractivity contribution in [1.82, 2.24) is 9.97 Å². The zero-order valence-electron chi connectivity index (χ0n) is 7.60. The Bertz CT molecular complexity index is 442. The molecule has 0 saturated heterocycles. The second-order valence-corrected chi connectivity index (χ2v) is 2.55. The van der Waals surface area contributed by atoms with Gasteiger partial charge in [-0.1, -0.05) is 11.8 Å². The van der Waals surface area contributed by atoms with Gasteiger partial charge in [-0.15, -0.1) is 0 Å². The Labute approximate surface area is 85.2 Å². The van der Waals surface area contributed by atoms with Gasteiger partial charge in [0.2, 0.25) is 11.7 Å². The smallest absolute Gasteiger partial charge is 0.373 e. The van der Waals surface area contributed by atoms with Gasteiger partial charge in [0.15, 0.2) is 0 Å². The summed E-state index contributed by atoms with van der Waals surface area (Å²) in [6.45, 7) is 0. The highest BCUT2D eigenvalue weighted by atomic mass is 16.4. The molecule has 0 aromatic carbocycles. The third-order valence-electron chi connectivity index (χ3n) is 1.34. The fourth-order valence-electron chi connectivity index (χ4n) is 0.736. The highest BCUT2D eigenvalue weighted by molar-refractivity contribution is 5.82. The minimum absolute atomic E-state index is 0.0549. The Hall–Kier alpha value is -2.42. The molecule has 15 heavy (non-hydrogen) atoms. The highest BCUT2D eigenvalue weighted by Gasteiger charge is 2.04. The molecule has 0 saturated carbocycles. The van der Waals surface area contributed by atoms with Crippen molar-refractivity contribution < 1.29 is 14.7 Å². The number of rotatable bonds is 2. The Morgan fingerprint density at radius 3 is 2.47 bits per heavy atom. The molecule has 0 aliphatic heterocycles. The van der Waals surface area contributed by atoms with E-state index in [0.717, 1.165) is 0 Å². The molecular weight excluding hydrogens is 198 g/mol. The van der Waals surface area contributed by atoms with E-state index in [1.54, 1.807) is 0 Å². The zero-order chi connectivity index (χ0) is 11.3. The lowest BCUT2D eigenvalue weighted by atomic mass is 10.3. The first-order valence-electron chi connectivity index (χ1n) is 3.92. The van der Waals surface area contributed by atoms with Crippen LogP contribution in [0.5, 0.6) is 0 Å². The van der Waals surface area contributed by atoms with E-state index in [-0.39, 0.29) is 12.2 Å². The van der Waals surface area contributed by atoms with E-state index in [2.05, 4.69) is 21.8 Å². The van der Waals surface area contributed by atoms with Gasteiger partial charge in [-0.2, -0.15) is 0 Å². The number of nitrogens with two attached hydrogens (primary N) is 1. The van der Waals surface area contributed by atoms with Crippen molar-refractivity contribution in [2.75, 3.05) is 0 Å². The average molecular weight is 205 g/mol. The fourth-order valence-corrected chi connectivity index (χ4v) is 0.736. The van der Waals surface area contributed by atoms with Gasteiger partial charge in [0.1, 0.15) is 0 Å². The van der Waals surface area contributed by atoms with Gasteiger partial charge >= 0.3 is 5.97 Å². The molecule has 0 aliphatic carbocycles. The summed E-state index contributed by atoms with van der Waals surface area (Å²) in [6, 6.07) is 0. The highest BCUT2D eigenvalue weighted by Crippen LogP contribution is 1.94. The van der Waals surface area contributed by atoms with Crippen molar-refractivity contribution in [3.8, 4) is 11.8 Å². The largest absolute Gasteiger partial charge is 0.475 e. The second kappa shape index (κ2) is 4.72. The summed E-state index contributed by atoms with van der Waals surface area (Å²) >= 11 is 0. The molecule has 1 aromatic rings. The van der Waals surface area contributed by atoms with Gasteiger partial charge in [0, 0.05) is 12.4 Å². The second-order valence-electron chi connectivity index (χ2n) is 2.55. The van der Waals surface area contributed by atoms with Crippen LogP contribution in [0.1, 0.15) is 22.6 Å². The van der Waals surface area contributed by atoms with Gasteiger partial charge in [-0.05, 0) is 0 Å². The molecule has 0 radical (unpaired) electrons. The van der Waals surface area contributed by atoms with Crippen molar-refractivity contribution >= 4 is 11.9 Å². The molecule has 76 valence electrons. The predicted molar refractivity (Wildman–Crippen MR) is 49.7 cm³/mol. The minimum atomic E-state index is -1.20. The average Bonchev–Trinajstić information content (AvgIpc) is 2.18. The van der Waals surface area contributed by atoms with Crippen LogP contribution in [0.4, 0.5) is 0 Å². The van der Waals surface area contributed by atoms with E-state index >= 15 is 0 Å². The molecule has 1 rings (SSSR count). The van der Waals surface area contributed by atoms with Crippen LogP contribution in [-0.4, -0.2) is 27.0 Å². The number of amides is 1. The van der Waals surface area contributed by atoms with Crippen LogP contribution >= 0.6 is 0 Å². The van der Waals surface area contributed by atoms with E-state index in [4.69, 9.17) is 10.8 Å². The van der Waals surface area contributed by atoms with Crippen molar-refractivity contribution in [1.29, 1.82) is 0 Å². The Morgan fingerprint density at radius 1 is 1.40 bits per heavy atom. The summed E-state index contributed by atoms with van der Waals surface area (Å²) in [5.41, 5.74) is 5.30. The number of hydrogen-bond acceptors (Lipinski definition) is 4. The molecule has 0 spiro atoms. The number of aromatic nitrogens is 2. The Morgan fingerprint density at radius 2 is 2.00 bits per heavy atom. The maximum absolute atomic E-state index is 10.4. The molecule has 0 unspecified atom stereocenters. The maximum atomic E-state index is 10.4. The van der Waals surface area contributed by atoms with E-state index in [1.165, 1.54) is 12.4 Å². The van der Waals surface area contributed by atoms with Gasteiger partial charge in [0.25, 0.3) is 0 Å². The van der Waals surface area contributed by atoms with E-state index in [9.17, 15) is 9.59 Å². The van der Waals surface area contributed by atoms with Crippen LogP contribution in [-0.2, 0) is 4.79 Å². The molecule has 0 bridgehead atoms. The van der Waals surface area contributed by atoms with Crippen LogP contribution < -0.4 is 5.73 Å². The summed E-state index contributed by atoms with van der Waals surface area (Å²) < 4.78 is 0. The summed E-state index contributed by atoms with van der Waals surface area (Å²) in [5, 5.41) is 8.50. The molecule has 0 aliphatic rings.